The molecular weight excluding hydrogens is 312 g/mol. The van der Waals surface area contributed by atoms with Crippen LogP contribution in [0.15, 0.2) is 53.4 Å². The van der Waals surface area contributed by atoms with Crippen LogP contribution in [0.1, 0.15) is 16.7 Å². The summed E-state index contributed by atoms with van der Waals surface area (Å²) >= 11 is 0. The van der Waals surface area contributed by atoms with Gasteiger partial charge in [0.15, 0.2) is 0 Å². The quantitative estimate of drug-likeness (QED) is 0.848. The molecule has 5 nitrogen and oxygen atoms in total. The summed E-state index contributed by atoms with van der Waals surface area (Å²) in [5.41, 5.74) is 2.92. The summed E-state index contributed by atoms with van der Waals surface area (Å²) in [7, 11) is -3.68. The zero-order chi connectivity index (χ0) is 16.9. The predicted octanol–water partition coefficient (Wildman–Crippen LogP) is 1.90. The lowest BCUT2D eigenvalue weighted by Crippen LogP contribution is -2.36. The van der Waals surface area contributed by atoms with Gasteiger partial charge in [0.05, 0.1) is 11.4 Å². The van der Waals surface area contributed by atoms with Crippen molar-refractivity contribution in [3.05, 3.63) is 65.2 Å². The standard InChI is InChI=1S/C17H20N2O3S/c1-13-5-3-7-15(9-13)11-18-17(20)12-19-23(21,22)16-8-4-6-14(2)10-16/h3-10,19H,11-12H2,1-2H3,(H,18,20). The van der Waals surface area contributed by atoms with Gasteiger partial charge in [0, 0.05) is 6.54 Å². The van der Waals surface area contributed by atoms with Crippen molar-refractivity contribution >= 4 is 15.9 Å². The van der Waals surface area contributed by atoms with E-state index in [2.05, 4.69) is 10.0 Å². The summed E-state index contributed by atoms with van der Waals surface area (Å²) in [5, 5.41) is 2.70. The Kier molecular flexibility index (Phi) is 5.52. The Balaban J connectivity index is 1.88. The maximum Gasteiger partial charge on any atom is 0.241 e. The molecule has 0 fully saturated rings. The Bertz CT molecular complexity index is 801. The van der Waals surface area contributed by atoms with Crippen molar-refractivity contribution in [3.63, 3.8) is 0 Å². The molecule has 0 bridgehead atoms. The average Bonchev–Trinajstić information content (AvgIpc) is 2.51. The SMILES string of the molecule is Cc1cccc(CNC(=O)CNS(=O)(=O)c2cccc(C)c2)c1. The zero-order valence-corrected chi connectivity index (χ0v) is 14.0. The van der Waals surface area contributed by atoms with E-state index >= 15 is 0 Å². The van der Waals surface area contributed by atoms with E-state index in [1.807, 2.05) is 44.2 Å². The van der Waals surface area contributed by atoms with Crippen LogP contribution in [0, 0.1) is 13.8 Å². The van der Waals surface area contributed by atoms with Gasteiger partial charge in [0.2, 0.25) is 15.9 Å². The summed E-state index contributed by atoms with van der Waals surface area (Å²) in [6.07, 6.45) is 0. The molecule has 6 heteroatoms. The lowest BCUT2D eigenvalue weighted by Gasteiger charge is -2.09. The highest BCUT2D eigenvalue weighted by molar-refractivity contribution is 7.89. The van der Waals surface area contributed by atoms with E-state index in [9.17, 15) is 13.2 Å². The molecule has 2 rings (SSSR count). The summed E-state index contributed by atoms with van der Waals surface area (Å²) in [6, 6.07) is 14.3. The molecule has 0 aliphatic carbocycles. The fraction of sp³-hybridized carbons (Fsp3) is 0.235. The maximum atomic E-state index is 12.1. The van der Waals surface area contributed by atoms with E-state index in [-0.39, 0.29) is 17.3 Å². The Morgan fingerprint density at radius 2 is 1.65 bits per heavy atom. The van der Waals surface area contributed by atoms with E-state index < -0.39 is 10.0 Å². The second kappa shape index (κ2) is 7.39. The third-order valence-electron chi connectivity index (χ3n) is 3.29. The molecule has 2 aromatic carbocycles. The maximum absolute atomic E-state index is 12.1. The molecule has 0 aliphatic heterocycles. The Morgan fingerprint density at radius 1 is 1.00 bits per heavy atom. The number of benzene rings is 2. The molecule has 2 N–H and O–H groups in total. The van der Waals surface area contributed by atoms with Gasteiger partial charge in [-0.15, -0.1) is 0 Å². The van der Waals surface area contributed by atoms with Crippen LogP contribution in [0.5, 0.6) is 0 Å². The number of amides is 1. The highest BCUT2D eigenvalue weighted by Crippen LogP contribution is 2.10. The Morgan fingerprint density at radius 3 is 2.30 bits per heavy atom. The van der Waals surface area contributed by atoms with E-state index in [1.54, 1.807) is 12.1 Å². The summed E-state index contributed by atoms with van der Waals surface area (Å²) in [5.74, 6) is -0.372. The van der Waals surface area contributed by atoms with Gasteiger partial charge in [-0.2, -0.15) is 0 Å². The highest BCUT2D eigenvalue weighted by Gasteiger charge is 2.15. The third kappa shape index (κ3) is 5.19. The van der Waals surface area contributed by atoms with Gasteiger partial charge in [0.25, 0.3) is 0 Å². The van der Waals surface area contributed by atoms with Crippen molar-refractivity contribution in [2.24, 2.45) is 0 Å². The number of aryl methyl sites for hydroxylation is 2. The fourth-order valence-corrected chi connectivity index (χ4v) is 3.20. The first kappa shape index (κ1) is 17.2. The van der Waals surface area contributed by atoms with Gasteiger partial charge in [-0.1, -0.05) is 42.0 Å². The van der Waals surface area contributed by atoms with Gasteiger partial charge < -0.3 is 5.32 Å². The zero-order valence-electron chi connectivity index (χ0n) is 13.2. The summed E-state index contributed by atoms with van der Waals surface area (Å²) < 4.78 is 26.5. The molecule has 2 aromatic rings. The molecule has 0 aliphatic rings. The summed E-state index contributed by atoms with van der Waals surface area (Å²) in [4.78, 5) is 12.0. The number of nitrogens with one attached hydrogen (secondary N) is 2. The van der Waals surface area contributed by atoms with Crippen molar-refractivity contribution in [1.82, 2.24) is 10.0 Å². The fourth-order valence-electron chi connectivity index (χ4n) is 2.11. The Hall–Kier alpha value is -2.18. The van der Waals surface area contributed by atoms with E-state index in [0.717, 1.165) is 16.7 Å². The minimum atomic E-state index is -3.68. The topological polar surface area (TPSA) is 75.3 Å². The molecule has 0 atom stereocenters. The van der Waals surface area contributed by atoms with Gasteiger partial charge in [-0.3, -0.25) is 4.79 Å². The lowest BCUT2D eigenvalue weighted by atomic mass is 10.1. The molecule has 1 amide bonds. The van der Waals surface area contributed by atoms with E-state index in [1.165, 1.54) is 6.07 Å². The first-order valence-electron chi connectivity index (χ1n) is 7.25. The van der Waals surface area contributed by atoms with Crippen LogP contribution in [0.25, 0.3) is 0 Å². The van der Waals surface area contributed by atoms with Crippen molar-refractivity contribution in [2.45, 2.75) is 25.3 Å². The largest absolute Gasteiger partial charge is 0.351 e. The smallest absolute Gasteiger partial charge is 0.241 e. The second-order valence-electron chi connectivity index (χ2n) is 5.41. The summed E-state index contributed by atoms with van der Waals surface area (Å²) in [6.45, 7) is 3.86. The average molecular weight is 332 g/mol. The number of carbonyl (C=O) groups is 1. The Labute approximate surface area is 136 Å². The highest BCUT2D eigenvalue weighted by atomic mass is 32.2. The molecule has 0 heterocycles. The first-order chi connectivity index (χ1) is 10.9. The monoisotopic (exact) mass is 332 g/mol. The molecule has 0 spiro atoms. The third-order valence-corrected chi connectivity index (χ3v) is 4.69. The van der Waals surface area contributed by atoms with Gasteiger partial charge >= 0.3 is 0 Å². The molecule has 0 saturated carbocycles. The van der Waals surface area contributed by atoms with Crippen LogP contribution < -0.4 is 10.0 Å². The number of rotatable bonds is 6. The number of carbonyl (C=O) groups excluding carboxylic acids is 1. The van der Waals surface area contributed by atoms with E-state index in [4.69, 9.17) is 0 Å². The van der Waals surface area contributed by atoms with Crippen LogP contribution >= 0.6 is 0 Å². The van der Waals surface area contributed by atoms with Gasteiger partial charge in [-0.05, 0) is 37.1 Å². The van der Waals surface area contributed by atoms with Gasteiger partial charge in [-0.25, -0.2) is 13.1 Å². The molecule has 0 aromatic heterocycles. The number of hydrogen-bond acceptors (Lipinski definition) is 3. The normalized spacial score (nSPS) is 11.2. The molecular formula is C17H20N2O3S. The van der Waals surface area contributed by atoms with Crippen LogP contribution in [-0.2, 0) is 21.4 Å². The molecule has 0 saturated heterocycles. The number of sulfonamides is 1. The minimum absolute atomic E-state index is 0.156. The minimum Gasteiger partial charge on any atom is -0.351 e. The van der Waals surface area contributed by atoms with Crippen molar-refractivity contribution < 1.29 is 13.2 Å². The second-order valence-corrected chi connectivity index (χ2v) is 7.17. The molecule has 23 heavy (non-hydrogen) atoms. The molecule has 122 valence electrons. The van der Waals surface area contributed by atoms with Crippen LogP contribution in [0.2, 0.25) is 0 Å². The predicted molar refractivity (Wildman–Crippen MR) is 89.4 cm³/mol. The first-order valence-corrected chi connectivity index (χ1v) is 8.74. The lowest BCUT2D eigenvalue weighted by molar-refractivity contribution is -0.120. The van der Waals surface area contributed by atoms with Gasteiger partial charge in [0.1, 0.15) is 0 Å². The van der Waals surface area contributed by atoms with Crippen molar-refractivity contribution in [2.75, 3.05) is 6.54 Å². The molecule has 0 radical (unpaired) electrons. The van der Waals surface area contributed by atoms with Crippen LogP contribution in [0.3, 0.4) is 0 Å². The van der Waals surface area contributed by atoms with E-state index in [0.29, 0.717) is 6.54 Å². The van der Waals surface area contributed by atoms with Crippen molar-refractivity contribution in [3.8, 4) is 0 Å². The van der Waals surface area contributed by atoms with Crippen molar-refractivity contribution in [1.29, 1.82) is 0 Å². The number of hydrogen-bond donors (Lipinski definition) is 2. The van der Waals surface area contributed by atoms with Crippen LogP contribution in [-0.4, -0.2) is 20.9 Å². The van der Waals surface area contributed by atoms with Crippen LogP contribution in [0.4, 0.5) is 0 Å². The molecule has 0 unspecified atom stereocenters.